The van der Waals surface area contributed by atoms with E-state index in [1.807, 2.05) is 0 Å². The third kappa shape index (κ3) is 2.24. The van der Waals surface area contributed by atoms with Gasteiger partial charge in [0.15, 0.2) is 0 Å². The average Bonchev–Trinajstić information content (AvgIpc) is 2.64. The molecule has 20 heavy (non-hydrogen) atoms. The van der Waals surface area contributed by atoms with Gasteiger partial charge in [-0.25, -0.2) is 9.69 Å². The lowest BCUT2D eigenvalue weighted by atomic mass is 9.91. The molecule has 106 valence electrons. The van der Waals surface area contributed by atoms with E-state index in [-0.39, 0.29) is 23.9 Å². The lowest BCUT2D eigenvalue weighted by Gasteiger charge is -2.36. The number of hydrogen-bond acceptors (Lipinski definition) is 3. The predicted molar refractivity (Wildman–Crippen MR) is 77.2 cm³/mol. The molecule has 1 heterocycles. The fourth-order valence-corrected chi connectivity index (χ4v) is 3.17. The number of fused-ring (bicyclic) bond motifs is 1. The SMILES string of the molecule is Nc1cccc(N2C(=O)NC3CCCCCC3C2=O)c1. The Hall–Kier alpha value is -2.04. The van der Waals surface area contributed by atoms with E-state index in [0.717, 1.165) is 32.1 Å². The van der Waals surface area contributed by atoms with Gasteiger partial charge in [0.2, 0.25) is 5.91 Å². The van der Waals surface area contributed by atoms with E-state index in [4.69, 9.17) is 5.73 Å². The molecule has 2 atom stereocenters. The first kappa shape index (κ1) is 13.0. The summed E-state index contributed by atoms with van der Waals surface area (Å²) in [5.74, 6) is -0.192. The van der Waals surface area contributed by atoms with Crippen molar-refractivity contribution in [2.24, 2.45) is 5.92 Å². The Morgan fingerprint density at radius 1 is 1.15 bits per heavy atom. The number of hydrogen-bond donors (Lipinski definition) is 2. The number of amides is 3. The Bertz CT molecular complexity index is 544. The summed E-state index contributed by atoms with van der Waals surface area (Å²) in [7, 11) is 0. The van der Waals surface area contributed by atoms with Crippen LogP contribution in [0.5, 0.6) is 0 Å². The van der Waals surface area contributed by atoms with E-state index in [0.29, 0.717) is 11.4 Å². The van der Waals surface area contributed by atoms with Crippen LogP contribution in [0.25, 0.3) is 0 Å². The summed E-state index contributed by atoms with van der Waals surface area (Å²) in [4.78, 5) is 26.1. The van der Waals surface area contributed by atoms with Gasteiger partial charge >= 0.3 is 6.03 Å². The molecule has 1 saturated heterocycles. The quantitative estimate of drug-likeness (QED) is 0.771. The number of benzene rings is 1. The molecule has 3 rings (SSSR count). The van der Waals surface area contributed by atoms with Crippen LogP contribution >= 0.6 is 0 Å². The second kappa shape index (κ2) is 5.15. The lowest BCUT2D eigenvalue weighted by Crippen LogP contribution is -2.60. The van der Waals surface area contributed by atoms with Crippen LogP contribution in [0.3, 0.4) is 0 Å². The van der Waals surface area contributed by atoms with Crippen LogP contribution < -0.4 is 16.0 Å². The highest BCUT2D eigenvalue weighted by molar-refractivity contribution is 6.17. The monoisotopic (exact) mass is 273 g/mol. The molecule has 0 aromatic heterocycles. The van der Waals surface area contributed by atoms with Crippen LogP contribution in [0.2, 0.25) is 0 Å². The molecule has 0 bridgehead atoms. The number of carbonyl (C=O) groups excluding carboxylic acids is 2. The summed E-state index contributed by atoms with van der Waals surface area (Å²) in [5, 5.41) is 2.98. The van der Waals surface area contributed by atoms with E-state index in [2.05, 4.69) is 5.32 Å². The van der Waals surface area contributed by atoms with E-state index in [1.54, 1.807) is 24.3 Å². The molecule has 1 aromatic carbocycles. The van der Waals surface area contributed by atoms with Crippen LogP contribution in [0.1, 0.15) is 32.1 Å². The smallest absolute Gasteiger partial charge is 0.328 e. The van der Waals surface area contributed by atoms with Gasteiger partial charge in [0.25, 0.3) is 0 Å². The first-order valence-electron chi connectivity index (χ1n) is 7.17. The van der Waals surface area contributed by atoms with Crippen LogP contribution in [0, 0.1) is 5.92 Å². The first-order chi connectivity index (χ1) is 9.66. The summed E-state index contributed by atoms with van der Waals surface area (Å²) in [6, 6.07) is 6.56. The fourth-order valence-electron chi connectivity index (χ4n) is 3.17. The minimum absolute atomic E-state index is 0.00481. The minimum Gasteiger partial charge on any atom is -0.399 e. The lowest BCUT2D eigenvalue weighted by molar-refractivity contribution is -0.123. The van der Waals surface area contributed by atoms with Crippen molar-refractivity contribution in [3.05, 3.63) is 24.3 Å². The molecule has 1 aliphatic carbocycles. The molecule has 5 heteroatoms. The van der Waals surface area contributed by atoms with E-state index in [1.165, 1.54) is 4.90 Å². The highest BCUT2D eigenvalue weighted by atomic mass is 16.2. The van der Waals surface area contributed by atoms with Gasteiger partial charge in [-0.15, -0.1) is 0 Å². The van der Waals surface area contributed by atoms with Crippen LogP contribution in [-0.4, -0.2) is 18.0 Å². The first-order valence-corrected chi connectivity index (χ1v) is 7.17. The maximum absolute atomic E-state index is 12.7. The molecule has 2 aliphatic rings. The predicted octanol–water partition coefficient (Wildman–Crippen LogP) is 2.27. The topological polar surface area (TPSA) is 75.4 Å². The van der Waals surface area contributed by atoms with Crippen molar-refractivity contribution in [2.45, 2.75) is 38.1 Å². The zero-order valence-corrected chi connectivity index (χ0v) is 11.3. The minimum atomic E-state index is -0.330. The normalized spacial score (nSPS) is 26.7. The Morgan fingerprint density at radius 2 is 1.95 bits per heavy atom. The molecule has 0 spiro atoms. The number of urea groups is 1. The maximum Gasteiger partial charge on any atom is 0.328 e. The average molecular weight is 273 g/mol. The molecule has 5 nitrogen and oxygen atoms in total. The molecule has 2 unspecified atom stereocenters. The van der Waals surface area contributed by atoms with Crippen molar-refractivity contribution in [1.82, 2.24) is 5.32 Å². The summed E-state index contributed by atoms with van der Waals surface area (Å²) in [6.07, 6.45) is 5.00. The van der Waals surface area contributed by atoms with Gasteiger partial charge in [-0.3, -0.25) is 4.79 Å². The number of nitrogens with two attached hydrogens (primary N) is 1. The van der Waals surface area contributed by atoms with Crippen molar-refractivity contribution in [1.29, 1.82) is 0 Å². The van der Waals surface area contributed by atoms with Gasteiger partial charge in [0.05, 0.1) is 11.6 Å². The van der Waals surface area contributed by atoms with E-state index >= 15 is 0 Å². The van der Waals surface area contributed by atoms with Crippen molar-refractivity contribution >= 4 is 23.3 Å². The molecule has 2 fully saturated rings. The molecule has 1 saturated carbocycles. The molecular formula is C15H19N3O2. The number of anilines is 2. The van der Waals surface area contributed by atoms with Crippen LogP contribution in [0.15, 0.2) is 24.3 Å². The van der Waals surface area contributed by atoms with Crippen LogP contribution in [-0.2, 0) is 4.79 Å². The third-order valence-electron chi connectivity index (χ3n) is 4.19. The fraction of sp³-hybridized carbons (Fsp3) is 0.467. The summed E-state index contributed by atoms with van der Waals surface area (Å²) < 4.78 is 0. The highest BCUT2D eigenvalue weighted by Crippen LogP contribution is 2.31. The Kier molecular flexibility index (Phi) is 3.34. The molecular weight excluding hydrogens is 254 g/mol. The largest absolute Gasteiger partial charge is 0.399 e. The second-order valence-corrected chi connectivity index (χ2v) is 5.57. The number of nitrogens with one attached hydrogen (secondary N) is 1. The van der Waals surface area contributed by atoms with Gasteiger partial charge < -0.3 is 11.1 Å². The summed E-state index contributed by atoms with van der Waals surface area (Å²) >= 11 is 0. The van der Waals surface area contributed by atoms with Crippen molar-refractivity contribution in [3.8, 4) is 0 Å². The molecule has 3 amide bonds. The van der Waals surface area contributed by atoms with Crippen molar-refractivity contribution < 1.29 is 9.59 Å². The molecule has 1 aromatic rings. The zero-order valence-electron chi connectivity index (χ0n) is 11.3. The number of nitrogens with zero attached hydrogens (tertiary/aromatic N) is 1. The van der Waals surface area contributed by atoms with Crippen LogP contribution in [0.4, 0.5) is 16.2 Å². The Morgan fingerprint density at radius 3 is 2.75 bits per heavy atom. The van der Waals surface area contributed by atoms with Crippen molar-refractivity contribution in [2.75, 3.05) is 10.6 Å². The van der Waals surface area contributed by atoms with Gasteiger partial charge in [-0.05, 0) is 31.0 Å². The van der Waals surface area contributed by atoms with E-state index < -0.39 is 0 Å². The number of imide groups is 1. The number of rotatable bonds is 1. The van der Waals surface area contributed by atoms with E-state index in [9.17, 15) is 9.59 Å². The third-order valence-corrected chi connectivity index (χ3v) is 4.19. The van der Waals surface area contributed by atoms with Crippen molar-refractivity contribution in [3.63, 3.8) is 0 Å². The van der Waals surface area contributed by atoms with Gasteiger partial charge in [-0.2, -0.15) is 0 Å². The summed E-state index contributed by atoms with van der Waals surface area (Å²) in [6.45, 7) is 0. The maximum atomic E-state index is 12.7. The Balaban J connectivity index is 1.92. The number of carbonyl (C=O) groups is 2. The highest BCUT2D eigenvalue weighted by Gasteiger charge is 2.41. The number of nitrogen functional groups attached to an aromatic ring is 1. The molecule has 3 N–H and O–H groups in total. The van der Waals surface area contributed by atoms with Gasteiger partial charge in [0.1, 0.15) is 0 Å². The van der Waals surface area contributed by atoms with Gasteiger partial charge in [-0.1, -0.05) is 25.3 Å². The Labute approximate surface area is 118 Å². The van der Waals surface area contributed by atoms with Gasteiger partial charge in [0, 0.05) is 11.7 Å². The second-order valence-electron chi connectivity index (χ2n) is 5.57. The standard InChI is InChI=1S/C15H19N3O2/c16-10-5-4-6-11(9-10)18-14(19)12-7-2-1-3-8-13(12)17-15(18)20/h4-6,9,12-13H,1-3,7-8,16H2,(H,17,20). The summed E-state index contributed by atoms with van der Waals surface area (Å²) in [5.41, 5.74) is 6.84. The molecule has 0 radical (unpaired) electrons. The molecule has 1 aliphatic heterocycles. The zero-order chi connectivity index (χ0) is 14.1.